The van der Waals surface area contributed by atoms with E-state index in [1.165, 1.54) is 7.11 Å². The zero-order valence-corrected chi connectivity index (χ0v) is 10.0. The second-order valence-corrected chi connectivity index (χ2v) is 3.64. The van der Waals surface area contributed by atoms with Gasteiger partial charge in [0.1, 0.15) is 11.5 Å². The first kappa shape index (κ1) is 13.7. The molecule has 96 valence electrons. The van der Waals surface area contributed by atoms with Gasteiger partial charge in [0, 0.05) is 25.7 Å². The Labute approximate surface area is 99.5 Å². The number of hydrogen-bond acceptors (Lipinski definition) is 6. The lowest BCUT2D eigenvalue weighted by Gasteiger charge is -2.11. The molecule has 17 heavy (non-hydrogen) atoms. The molecule has 1 heterocycles. The molecule has 1 atom stereocenters. The molecule has 0 amide bonds. The van der Waals surface area contributed by atoms with Crippen molar-refractivity contribution in [1.29, 1.82) is 0 Å². The fourth-order valence-electron chi connectivity index (χ4n) is 1.48. The van der Waals surface area contributed by atoms with E-state index in [1.807, 2.05) is 0 Å². The van der Waals surface area contributed by atoms with Crippen LogP contribution < -0.4 is 0 Å². The van der Waals surface area contributed by atoms with Gasteiger partial charge in [-0.15, -0.1) is 0 Å². The molecule has 0 saturated carbocycles. The molecule has 1 N–H and O–H groups in total. The van der Waals surface area contributed by atoms with Crippen LogP contribution in [0, 0.1) is 0 Å². The third-order valence-electron chi connectivity index (χ3n) is 2.45. The molecule has 0 radical (unpaired) electrons. The minimum atomic E-state index is -0.312. The summed E-state index contributed by atoms with van der Waals surface area (Å²) in [5, 5.41) is 12.6. The molecule has 6 nitrogen and oxygen atoms in total. The van der Waals surface area contributed by atoms with E-state index < -0.39 is 0 Å². The lowest BCUT2D eigenvalue weighted by atomic mass is 9.98. The molecule has 6 heteroatoms. The maximum Gasteiger partial charge on any atom is 0.306 e. The predicted molar refractivity (Wildman–Crippen MR) is 58.3 cm³/mol. The topological polar surface area (TPSA) is 81.8 Å². The van der Waals surface area contributed by atoms with E-state index in [4.69, 9.17) is 14.4 Å². The van der Waals surface area contributed by atoms with Crippen LogP contribution in [0.3, 0.4) is 0 Å². The van der Waals surface area contributed by atoms with Gasteiger partial charge in [-0.1, -0.05) is 5.16 Å². The summed E-state index contributed by atoms with van der Waals surface area (Å²) < 4.78 is 14.7. The molecule has 0 saturated heterocycles. The van der Waals surface area contributed by atoms with Gasteiger partial charge in [0.25, 0.3) is 0 Å². The summed E-state index contributed by atoms with van der Waals surface area (Å²) in [6.45, 7) is 0.329. The van der Waals surface area contributed by atoms with Gasteiger partial charge in [-0.05, 0) is 6.42 Å². The molecule has 1 rings (SSSR count). The van der Waals surface area contributed by atoms with Gasteiger partial charge in [-0.3, -0.25) is 4.79 Å². The number of esters is 1. The number of aliphatic hydroxyl groups excluding tert-OH is 1. The molecule has 0 aliphatic carbocycles. The Morgan fingerprint density at radius 1 is 1.59 bits per heavy atom. The molecule has 1 aromatic rings. The van der Waals surface area contributed by atoms with Crippen molar-refractivity contribution in [2.75, 3.05) is 20.8 Å². The van der Waals surface area contributed by atoms with E-state index in [2.05, 4.69) is 9.89 Å². The maximum atomic E-state index is 11.3. The second-order valence-electron chi connectivity index (χ2n) is 3.64. The molecule has 0 aromatic carbocycles. The highest BCUT2D eigenvalue weighted by Crippen LogP contribution is 2.24. The third-order valence-corrected chi connectivity index (χ3v) is 2.45. The number of rotatable bonds is 7. The van der Waals surface area contributed by atoms with Crippen LogP contribution in [-0.2, 0) is 20.9 Å². The zero-order chi connectivity index (χ0) is 12.7. The first-order valence-electron chi connectivity index (χ1n) is 5.33. The Balaban J connectivity index is 2.70. The molecule has 0 fully saturated rings. The van der Waals surface area contributed by atoms with Crippen molar-refractivity contribution in [2.45, 2.75) is 25.4 Å². The maximum absolute atomic E-state index is 11.3. The predicted octanol–water partition coefficient (Wildman–Crippen LogP) is 0.850. The lowest BCUT2D eigenvalue weighted by Crippen LogP contribution is -2.10. The van der Waals surface area contributed by atoms with Crippen LogP contribution in [0.25, 0.3) is 0 Å². The average Bonchev–Trinajstić information content (AvgIpc) is 2.82. The monoisotopic (exact) mass is 243 g/mol. The van der Waals surface area contributed by atoms with Gasteiger partial charge in [-0.2, -0.15) is 0 Å². The number of carbonyl (C=O) groups is 1. The molecule has 0 spiro atoms. The highest BCUT2D eigenvalue weighted by Gasteiger charge is 2.20. The van der Waals surface area contributed by atoms with Crippen LogP contribution in [-0.4, -0.2) is 37.1 Å². The van der Waals surface area contributed by atoms with Crippen molar-refractivity contribution in [3.8, 4) is 0 Å². The number of nitrogens with zero attached hydrogens (tertiary/aromatic N) is 1. The Morgan fingerprint density at radius 3 is 2.88 bits per heavy atom. The van der Waals surface area contributed by atoms with Crippen LogP contribution >= 0.6 is 0 Å². The van der Waals surface area contributed by atoms with E-state index in [-0.39, 0.29) is 24.9 Å². The average molecular weight is 243 g/mol. The minimum Gasteiger partial charge on any atom is -0.469 e. The Hall–Kier alpha value is -1.40. The normalized spacial score (nSPS) is 12.4. The lowest BCUT2D eigenvalue weighted by molar-refractivity contribution is -0.141. The highest BCUT2D eigenvalue weighted by atomic mass is 16.5. The van der Waals surface area contributed by atoms with Crippen LogP contribution in [0.5, 0.6) is 0 Å². The van der Waals surface area contributed by atoms with E-state index >= 15 is 0 Å². The molecular weight excluding hydrogens is 226 g/mol. The molecule has 0 aliphatic rings. The Bertz CT molecular complexity index is 349. The molecule has 0 bridgehead atoms. The number of hydrogen-bond donors (Lipinski definition) is 1. The van der Waals surface area contributed by atoms with E-state index in [1.54, 1.807) is 13.2 Å². The summed E-state index contributed by atoms with van der Waals surface area (Å²) in [4.78, 5) is 11.3. The highest BCUT2D eigenvalue weighted by molar-refractivity contribution is 5.70. The number of carbonyl (C=O) groups excluding carboxylic acids is 1. The van der Waals surface area contributed by atoms with Crippen LogP contribution in [0.2, 0.25) is 0 Å². The van der Waals surface area contributed by atoms with Gasteiger partial charge >= 0.3 is 5.97 Å². The number of aromatic nitrogens is 1. The summed E-state index contributed by atoms with van der Waals surface area (Å²) in [7, 11) is 2.93. The largest absolute Gasteiger partial charge is 0.469 e. The second kappa shape index (κ2) is 7.03. The van der Waals surface area contributed by atoms with E-state index in [9.17, 15) is 4.79 Å². The van der Waals surface area contributed by atoms with E-state index in [0.29, 0.717) is 24.5 Å². The standard InChI is InChI=1S/C11H17NO5/c1-15-4-3-8(5-11(14)16-2)10-6-9(7-13)12-17-10/h6,8,13H,3-5,7H2,1-2H3. The molecule has 1 unspecified atom stereocenters. The SMILES string of the molecule is COCCC(CC(=O)OC)c1cc(CO)no1. The zero-order valence-electron chi connectivity index (χ0n) is 10.0. The Morgan fingerprint density at radius 2 is 2.35 bits per heavy atom. The summed E-state index contributed by atoms with van der Waals surface area (Å²) in [5.74, 6) is 0.111. The van der Waals surface area contributed by atoms with Crippen molar-refractivity contribution < 1.29 is 23.9 Å². The van der Waals surface area contributed by atoms with Gasteiger partial charge < -0.3 is 19.1 Å². The summed E-state index contributed by atoms with van der Waals surface area (Å²) >= 11 is 0. The quantitative estimate of drug-likeness (QED) is 0.715. The van der Waals surface area contributed by atoms with Crippen molar-refractivity contribution in [3.05, 3.63) is 17.5 Å². The van der Waals surface area contributed by atoms with Crippen LogP contribution in [0.4, 0.5) is 0 Å². The fraction of sp³-hybridized carbons (Fsp3) is 0.636. The summed E-state index contributed by atoms with van der Waals surface area (Å²) in [6.07, 6.45) is 0.839. The Kier molecular flexibility index (Phi) is 5.65. The summed E-state index contributed by atoms with van der Waals surface area (Å²) in [6, 6.07) is 1.64. The third kappa shape index (κ3) is 4.16. The minimum absolute atomic E-state index is 0.143. The van der Waals surface area contributed by atoms with Crippen molar-refractivity contribution in [1.82, 2.24) is 5.16 Å². The first-order valence-corrected chi connectivity index (χ1v) is 5.33. The van der Waals surface area contributed by atoms with Crippen molar-refractivity contribution in [3.63, 3.8) is 0 Å². The van der Waals surface area contributed by atoms with Gasteiger partial charge in [-0.25, -0.2) is 0 Å². The van der Waals surface area contributed by atoms with Crippen LogP contribution in [0.15, 0.2) is 10.6 Å². The number of aliphatic hydroxyl groups is 1. The molecular formula is C11H17NO5. The smallest absolute Gasteiger partial charge is 0.306 e. The fourth-order valence-corrected chi connectivity index (χ4v) is 1.48. The summed E-state index contributed by atoms with van der Waals surface area (Å²) in [5.41, 5.74) is 0.451. The molecule has 1 aromatic heterocycles. The van der Waals surface area contributed by atoms with Crippen LogP contribution in [0.1, 0.15) is 30.2 Å². The van der Waals surface area contributed by atoms with Gasteiger partial charge in [0.15, 0.2) is 0 Å². The van der Waals surface area contributed by atoms with Gasteiger partial charge in [0.05, 0.1) is 20.1 Å². The van der Waals surface area contributed by atoms with Crippen molar-refractivity contribution in [2.24, 2.45) is 0 Å². The first-order chi connectivity index (χ1) is 8.21. The van der Waals surface area contributed by atoms with Gasteiger partial charge in [0.2, 0.25) is 0 Å². The molecule has 0 aliphatic heterocycles. The van der Waals surface area contributed by atoms with Crippen molar-refractivity contribution >= 4 is 5.97 Å². The number of ether oxygens (including phenoxy) is 2. The van der Waals surface area contributed by atoms with E-state index in [0.717, 1.165) is 0 Å². The number of methoxy groups -OCH3 is 2.